The van der Waals surface area contributed by atoms with Crippen LogP contribution in [0.5, 0.6) is 0 Å². The van der Waals surface area contributed by atoms with E-state index in [4.69, 9.17) is 0 Å². The zero-order valence-corrected chi connectivity index (χ0v) is 31.6. The number of hydrogen-bond donors (Lipinski definition) is 0. The first-order valence-electron chi connectivity index (χ1n) is 20.0. The molecule has 1 aromatic heterocycles. The fraction of sp³-hybridized carbons (Fsp3) is 0.0545. The number of aromatic nitrogens is 1. The Morgan fingerprint density at radius 2 is 1.04 bits per heavy atom. The highest BCUT2D eigenvalue weighted by Gasteiger charge is 2.39. The molecule has 0 saturated carbocycles. The number of benzene rings is 8. The van der Waals surface area contributed by atoms with Crippen LogP contribution in [-0.2, 0) is 0 Å². The summed E-state index contributed by atoms with van der Waals surface area (Å²) in [5.74, 6) is 0.289. The lowest BCUT2D eigenvalue weighted by Gasteiger charge is -2.34. The molecule has 0 fully saturated rings. The number of para-hydroxylation sites is 2. The van der Waals surface area contributed by atoms with Crippen molar-refractivity contribution < 1.29 is 0 Å². The maximum Gasteiger partial charge on any atom is 0.0658 e. The molecule has 57 heavy (non-hydrogen) atoms. The lowest BCUT2D eigenvalue weighted by Crippen LogP contribution is -2.33. The van der Waals surface area contributed by atoms with Crippen LogP contribution in [0.15, 0.2) is 200 Å². The average Bonchev–Trinajstić information content (AvgIpc) is 3.76. The van der Waals surface area contributed by atoms with Crippen LogP contribution in [0, 0.1) is 5.92 Å². The summed E-state index contributed by atoms with van der Waals surface area (Å²) in [4.78, 5) is 2.56. The molecular formula is C55H38N2. The maximum atomic E-state index is 2.56. The summed E-state index contributed by atoms with van der Waals surface area (Å²) in [5, 5.41) is 2.56. The molecule has 3 heterocycles. The molecule has 0 radical (unpaired) electrons. The number of fused-ring (bicyclic) bond motifs is 11. The van der Waals surface area contributed by atoms with E-state index in [0.29, 0.717) is 0 Å². The molecule has 2 aliphatic heterocycles. The highest BCUT2D eigenvalue weighted by atomic mass is 15.2. The molecule has 0 saturated heterocycles. The molecule has 2 atom stereocenters. The minimum atomic E-state index is 0.220. The first kappa shape index (κ1) is 32.1. The quantitative estimate of drug-likeness (QED) is 0.175. The number of rotatable bonds is 4. The maximum absolute atomic E-state index is 2.56. The third kappa shape index (κ3) is 4.84. The second kappa shape index (κ2) is 12.4. The van der Waals surface area contributed by atoms with Crippen LogP contribution in [0.3, 0.4) is 0 Å². The summed E-state index contributed by atoms with van der Waals surface area (Å²) in [6, 6.07) is 69.6. The van der Waals surface area contributed by atoms with Crippen molar-refractivity contribution in [3.63, 3.8) is 0 Å². The smallest absolute Gasteiger partial charge is 0.0658 e. The van der Waals surface area contributed by atoms with Gasteiger partial charge < -0.3 is 9.47 Å². The molecule has 2 unspecified atom stereocenters. The summed E-state index contributed by atoms with van der Waals surface area (Å²) in [5.41, 5.74) is 21.5. The van der Waals surface area contributed by atoms with Gasteiger partial charge in [-0.25, -0.2) is 0 Å². The minimum Gasteiger partial charge on any atom is -0.333 e. The van der Waals surface area contributed by atoms with E-state index in [2.05, 4.69) is 217 Å². The van der Waals surface area contributed by atoms with Crippen molar-refractivity contribution in [2.24, 2.45) is 5.92 Å². The molecular weight excluding hydrogens is 689 g/mol. The van der Waals surface area contributed by atoms with E-state index >= 15 is 0 Å². The molecule has 2 nitrogen and oxygen atoms in total. The van der Waals surface area contributed by atoms with Crippen LogP contribution < -0.4 is 4.90 Å². The molecule has 1 aliphatic carbocycles. The molecule has 9 aromatic rings. The van der Waals surface area contributed by atoms with Gasteiger partial charge in [-0.05, 0) is 105 Å². The molecule has 268 valence electrons. The van der Waals surface area contributed by atoms with Crippen molar-refractivity contribution in [3.8, 4) is 50.2 Å². The van der Waals surface area contributed by atoms with Crippen LogP contribution >= 0.6 is 0 Å². The summed E-state index contributed by atoms with van der Waals surface area (Å²) in [6.45, 7) is 2.38. The van der Waals surface area contributed by atoms with Crippen LogP contribution in [-0.4, -0.2) is 10.6 Å². The number of anilines is 2. The largest absolute Gasteiger partial charge is 0.333 e. The van der Waals surface area contributed by atoms with Gasteiger partial charge in [0.25, 0.3) is 0 Å². The van der Waals surface area contributed by atoms with Crippen LogP contribution in [0.25, 0.3) is 83.1 Å². The molecule has 12 rings (SSSR count). The fourth-order valence-electron chi connectivity index (χ4n) is 10.00. The molecule has 8 aromatic carbocycles. The zero-order chi connectivity index (χ0) is 37.6. The first-order chi connectivity index (χ1) is 28.2. The Balaban J connectivity index is 0.990. The Morgan fingerprint density at radius 1 is 0.421 bits per heavy atom. The van der Waals surface area contributed by atoms with E-state index in [1.54, 1.807) is 0 Å². The number of allylic oxidation sites excluding steroid dienone is 2. The zero-order valence-electron chi connectivity index (χ0n) is 31.6. The van der Waals surface area contributed by atoms with E-state index in [9.17, 15) is 0 Å². The predicted octanol–water partition coefficient (Wildman–Crippen LogP) is 14.4. The van der Waals surface area contributed by atoms with Gasteiger partial charge in [0, 0.05) is 38.8 Å². The standard InChI is InChI=1S/C55H38N2/c1-35-31-41(34-50-45-19-10-11-22-51(45)56(54(35)50)42-27-23-38(24-28-42)36-13-4-2-5-14-36)40-26-30-53-49(33-40)47-21-12-20-46-43-17-8-9-18-44(43)48-32-39(37-15-6-3-7-16-37)25-29-52(48)57(53)55(46)47/h2-35,54H,1H3. The van der Waals surface area contributed by atoms with Crippen molar-refractivity contribution in [3.05, 3.63) is 211 Å². The van der Waals surface area contributed by atoms with Crippen molar-refractivity contribution >= 4 is 44.3 Å². The van der Waals surface area contributed by atoms with Crippen molar-refractivity contribution in [1.29, 1.82) is 0 Å². The third-order valence-corrected chi connectivity index (χ3v) is 12.5. The van der Waals surface area contributed by atoms with E-state index in [-0.39, 0.29) is 12.0 Å². The van der Waals surface area contributed by atoms with Crippen molar-refractivity contribution in [2.75, 3.05) is 4.90 Å². The summed E-state index contributed by atoms with van der Waals surface area (Å²) in [6.07, 6.45) is 4.96. The van der Waals surface area contributed by atoms with Crippen LogP contribution in [0.2, 0.25) is 0 Å². The van der Waals surface area contributed by atoms with Crippen molar-refractivity contribution in [1.82, 2.24) is 4.57 Å². The summed E-state index contributed by atoms with van der Waals surface area (Å²) < 4.78 is 2.52. The average molecular weight is 727 g/mol. The Kier molecular flexibility index (Phi) is 7.00. The highest BCUT2D eigenvalue weighted by molar-refractivity contribution is 6.17. The molecule has 0 N–H and O–H groups in total. The monoisotopic (exact) mass is 726 g/mol. The fourth-order valence-corrected chi connectivity index (χ4v) is 10.00. The Morgan fingerprint density at radius 3 is 1.81 bits per heavy atom. The van der Waals surface area contributed by atoms with E-state index in [1.165, 1.54) is 106 Å². The van der Waals surface area contributed by atoms with Gasteiger partial charge in [-0.15, -0.1) is 0 Å². The number of nitrogens with zero attached hydrogens (tertiary/aromatic N) is 2. The molecule has 0 spiro atoms. The second-order valence-electron chi connectivity index (χ2n) is 15.7. The number of hydrogen-bond acceptors (Lipinski definition) is 1. The van der Waals surface area contributed by atoms with Crippen molar-refractivity contribution in [2.45, 2.75) is 13.0 Å². The van der Waals surface area contributed by atoms with Gasteiger partial charge in [0.05, 0.1) is 22.8 Å². The van der Waals surface area contributed by atoms with Gasteiger partial charge in [-0.2, -0.15) is 0 Å². The Hall–Kier alpha value is -7.16. The lowest BCUT2D eigenvalue weighted by molar-refractivity contribution is 0.639. The SMILES string of the molecule is CC1C=C(c2ccc3c(c2)c2cccc4c2n3-c2ccc(-c3ccccc3)cc2-c2ccccc2-4)C=C2c3ccccc3N(c3ccc(-c4ccccc4)cc3)C21. The molecule has 0 bridgehead atoms. The second-order valence-corrected chi connectivity index (χ2v) is 15.7. The molecule has 2 heteroatoms. The van der Waals surface area contributed by atoms with Crippen LogP contribution in [0.4, 0.5) is 11.4 Å². The summed E-state index contributed by atoms with van der Waals surface area (Å²) >= 11 is 0. The van der Waals surface area contributed by atoms with Gasteiger partial charge in [0.1, 0.15) is 0 Å². The Bertz CT molecular complexity index is 3130. The third-order valence-electron chi connectivity index (χ3n) is 12.5. The van der Waals surface area contributed by atoms with E-state index < -0.39 is 0 Å². The summed E-state index contributed by atoms with van der Waals surface area (Å²) in [7, 11) is 0. The van der Waals surface area contributed by atoms with E-state index in [1.807, 2.05) is 0 Å². The highest BCUT2D eigenvalue weighted by Crippen LogP contribution is 2.52. The van der Waals surface area contributed by atoms with Crippen LogP contribution in [0.1, 0.15) is 18.1 Å². The topological polar surface area (TPSA) is 8.17 Å². The molecule has 0 amide bonds. The normalized spacial score (nSPS) is 16.3. The van der Waals surface area contributed by atoms with Gasteiger partial charge in [-0.1, -0.05) is 159 Å². The Labute approximate surface area is 332 Å². The van der Waals surface area contributed by atoms with Gasteiger partial charge in [0.2, 0.25) is 0 Å². The van der Waals surface area contributed by atoms with Gasteiger partial charge in [-0.3, -0.25) is 0 Å². The van der Waals surface area contributed by atoms with E-state index in [0.717, 1.165) is 0 Å². The first-order valence-corrected chi connectivity index (χ1v) is 20.0. The minimum absolute atomic E-state index is 0.220. The molecule has 3 aliphatic rings. The lowest BCUT2D eigenvalue weighted by atomic mass is 9.83. The van der Waals surface area contributed by atoms with Gasteiger partial charge >= 0.3 is 0 Å². The predicted molar refractivity (Wildman–Crippen MR) is 240 cm³/mol. The van der Waals surface area contributed by atoms with Gasteiger partial charge in [0.15, 0.2) is 0 Å².